The van der Waals surface area contributed by atoms with Crippen molar-refractivity contribution in [3.05, 3.63) is 0 Å². The first kappa shape index (κ1) is 15.1. The van der Waals surface area contributed by atoms with Gasteiger partial charge in [0.1, 0.15) is 0 Å². The molecule has 1 aliphatic rings. The number of rotatable bonds is 9. The summed E-state index contributed by atoms with van der Waals surface area (Å²) in [5, 5.41) is 0. The van der Waals surface area contributed by atoms with Crippen LogP contribution in [-0.2, 0) is 22.8 Å². The molecule has 0 N–H and O–H groups in total. The fourth-order valence-corrected chi connectivity index (χ4v) is 3.33. The van der Waals surface area contributed by atoms with E-state index >= 15 is 0 Å². The van der Waals surface area contributed by atoms with Gasteiger partial charge < -0.3 is 22.8 Å². The summed E-state index contributed by atoms with van der Waals surface area (Å²) < 4.78 is 26.9. The molecule has 0 radical (unpaired) electrons. The van der Waals surface area contributed by atoms with Crippen LogP contribution in [0, 0.1) is 5.41 Å². The topological polar surface area (TPSA) is 46.2 Å². The molecule has 0 bridgehead atoms. The maximum atomic E-state index is 5.71. The molecule has 1 heterocycles. The van der Waals surface area contributed by atoms with Gasteiger partial charge in [-0.2, -0.15) is 0 Å². The molecule has 0 aliphatic carbocycles. The van der Waals surface area contributed by atoms with E-state index in [0.717, 1.165) is 26.2 Å². The number of hydrogen-bond donors (Lipinski definition) is 0. The summed E-state index contributed by atoms with van der Waals surface area (Å²) >= 11 is 0. The highest BCUT2D eigenvalue weighted by Gasteiger charge is 2.39. The second-order valence-corrected chi connectivity index (χ2v) is 7.54. The van der Waals surface area contributed by atoms with Gasteiger partial charge >= 0.3 is 8.80 Å². The molecule has 6 heteroatoms. The van der Waals surface area contributed by atoms with Gasteiger partial charge in [-0.1, -0.05) is 6.92 Å². The van der Waals surface area contributed by atoms with Gasteiger partial charge in [0.15, 0.2) is 0 Å². The first-order valence-corrected chi connectivity index (χ1v) is 7.90. The Labute approximate surface area is 105 Å². The van der Waals surface area contributed by atoms with E-state index in [2.05, 4.69) is 6.92 Å². The average molecular weight is 264 g/mol. The minimum absolute atomic E-state index is 0.234. The van der Waals surface area contributed by atoms with Gasteiger partial charge in [0.2, 0.25) is 0 Å². The van der Waals surface area contributed by atoms with Crippen LogP contribution in [0.5, 0.6) is 0 Å². The summed E-state index contributed by atoms with van der Waals surface area (Å²) in [6.45, 7) is 5.13. The average Bonchev–Trinajstić information content (AvgIpc) is 2.33. The smallest absolute Gasteiger partial charge is 0.381 e. The van der Waals surface area contributed by atoms with Crippen molar-refractivity contribution in [3.8, 4) is 0 Å². The minimum Gasteiger partial charge on any atom is -0.381 e. The zero-order valence-corrected chi connectivity index (χ0v) is 12.3. The van der Waals surface area contributed by atoms with Gasteiger partial charge in [-0.05, 0) is 6.42 Å². The van der Waals surface area contributed by atoms with Crippen molar-refractivity contribution >= 4 is 8.80 Å². The molecule has 0 aromatic rings. The maximum Gasteiger partial charge on any atom is 0.502 e. The summed E-state index contributed by atoms with van der Waals surface area (Å²) in [5.41, 5.74) is 0.234. The number of hydrogen-bond acceptors (Lipinski definition) is 5. The SMILES string of the molecule is CCC1(COCC[Si](OC)(OC)OC)COC1. The fraction of sp³-hybridized carbons (Fsp3) is 1.00. The van der Waals surface area contributed by atoms with Gasteiger partial charge in [0.05, 0.1) is 26.4 Å². The van der Waals surface area contributed by atoms with Crippen molar-refractivity contribution in [1.82, 2.24) is 0 Å². The van der Waals surface area contributed by atoms with E-state index in [9.17, 15) is 0 Å². The molecule has 1 aliphatic heterocycles. The lowest BCUT2D eigenvalue weighted by atomic mass is 9.84. The summed E-state index contributed by atoms with van der Waals surface area (Å²) in [6.07, 6.45) is 1.09. The summed E-state index contributed by atoms with van der Waals surface area (Å²) in [4.78, 5) is 0. The zero-order valence-electron chi connectivity index (χ0n) is 11.3. The van der Waals surface area contributed by atoms with Gasteiger partial charge in [0, 0.05) is 32.8 Å². The molecule has 1 rings (SSSR count). The maximum absolute atomic E-state index is 5.71. The van der Waals surface area contributed by atoms with Crippen molar-refractivity contribution in [2.24, 2.45) is 5.41 Å². The Hall–Kier alpha value is 0.0169. The highest BCUT2D eigenvalue weighted by molar-refractivity contribution is 6.60. The van der Waals surface area contributed by atoms with E-state index in [4.69, 9.17) is 22.8 Å². The van der Waals surface area contributed by atoms with Gasteiger partial charge in [-0.3, -0.25) is 0 Å². The normalized spacial score (nSPS) is 19.1. The van der Waals surface area contributed by atoms with Crippen LogP contribution in [0.1, 0.15) is 13.3 Å². The third kappa shape index (κ3) is 3.74. The Morgan fingerprint density at radius 2 is 1.71 bits per heavy atom. The van der Waals surface area contributed by atoms with Crippen molar-refractivity contribution in [2.75, 3.05) is 47.8 Å². The van der Waals surface area contributed by atoms with E-state index in [-0.39, 0.29) is 5.41 Å². The third-order valence-corrected chi connectivity index (χ3v) is 6.14. The fourth-order valence-electron chi connectivity index (χ4n) is 1.82. The van der Waals surface area contributed by atoms with E-state index in [0.29, 0.717) is 12.7 Å². The van der Waals surface area contributed by atoms with Crippen LogP contribution in [0.2, 0.25) is 6.04 Å². The van der Waals surface area contributed by atoms with Gasteiger partial charge in [-0.15, -0.1) is 0 Å². The van der Waals surface area contributed by atoms with E-state index in [1.807, 2.05) is 0 Å². The molecule has 5 nitrogen and oxygen atoms in total. The molecule has 0 unspecified atom stereocenters. The lowest BCUT2D eigenvalue weighted by molar-refractivity contribution is -0.149. The molecule has 0 spiro atoms. The number of ether oxygens (including phenoxy) is 2. The first-order valence-electron chi connectivity index (χ1n) is 5.97. The lowest BCUT2D eigenvalue weighted by Crippen LogP contribution is -2.47. The van der Waals surface area contributed by atoms with Crippen LogP contribution in [0.4, 0.5) is 0 Å². The minimum atomic E-state index is -2.47. The second-order valence-electron chi connectivity index (χ2n) is 4.44. The molecule has 1 saturated heterocycles. The van der Waals surface area contributed by atoms with Crippen LogP contribution in [0.3, 0.4) is 0 Å². The summed E-state index contributed by atoms with van der Waals surface area (Å²) in [6, 6.07) is 0.678. The predicted molar refractivity (Wildman–Crippen MR) is 66.0 cm³/mol. The van der Waals surface area contributed by atoms with Gasteiger partial charge in [-0.25, -0.2) is 0 Å². The Morgan fingerprint density at radius 1 is 1.12 bits per heavy atom. The predicted octanol–water partition coefficient (Wildman–Crippen LogP) is 1.31. The summed E-state index contributed by atoms with van der Waals surface area (Å²) in [5.74, 6) is 0. The van der Waals surface area contributed by atoms with Gasteiger partial charge in [0.25, 0.3) is 0 Å². The largest absolute Gasteiger partial charge is 0.502 e. The Bertz CT molecular complexity index is 202. The molecule has 0 aromatic heterocycles. The van der Waals surface area contributed by atoms with Crippen LogP contribution in [0.15, 0.2) is 0 Å². The van der Waals surface area contributed by atoms with Crippen molar-refractivity contribution in [1.29, 1.82) is 0 Å². The highest BCUT2D eigenvalue weighted by Crippen LogP contribution is 2.31. The lowest BCUT2D eigenvalue weighted by Gasteiger charge is -2.40. The van der Waals surface area contributed by atoms with E-state index in [1.165, 1.54) is 0 Å². The zero-order chi connectivity index (χ0) is 12.8. The second kappa shape index (κ2) is 6.82. The molecule has 0 amide bonds. The standard InChI is InChI=1S/C11H24O5Si/c1-5-11(9-16-10-11)8-15-6-7-17(12-2,13-3)14-4/h5-10H2,1-4H3. The molecule has 102 valence electrons. The third-order valence-electron chi connectivity index (χ3n) is 3.46. The quantitative estimate of drug-likeness (QED) is 0.464. The molecule has 17 heavy (non-hydrogen) atoms. The Kier molecular flexibility index (Phi) is 6.05. The molecule has 0 aromatic carbocycles. The Morgan fingerprint density at radius 3 is 2.06 bits per heavy atom. The molecule has 0 saturated carbocycles. The monoisotopic (exact) mass is 264 g/mol. The van der Waals surface area contributed by atoms with Crippen LogP contribution in [-0.4, -0.2) is 56.6 Å². The van der Waals surface area contributed by atoms with E-state index in [1.54, 1.807) is 21.3 Å². The molecule has 0 atom stereocenters. The van der Waals surface area contributed by atoms with Crippen LogP contribution < -0.4 is 0 Å². The van der Waals surface area contributed by atoms with Crippen molar-refractivity contribution < 1.29 is 22.8 Å². The summed E-state index contributed by atoms with van der Waals surface area (Å²) in [7, 11) is 2.38. The van der Waals surface area contributed by atoms with Crippen molar-refractivity contribution in [3.63, 3.8) is 0 Å². The highest BCUT2D eigenvalue weighted by atomic mass is 28.4. The van der Waals surface area contributed by atoms with Crippen molar-refractivity contribution in [2.45, 2.75) is 19.4 Å². The van der Waals surface area contributed by atoms with Crippen LogP contribution in [0.25, 0.3) is 0 Å². The molecular formula is C11H24O5Si. The van der Waals surface area contributed by atoms with Crippen LogP contribution >= 0.6 is 0 Å². The Balaban J connectivity index is 2.22. The molecular weight excluding hydrogens is 240 g/mol. The first-order chi connectivity index (χ1) is 8.16. The molecule has 1 fully saturated rings. The van der Waals surface area contributed by atoms with E-state index < -0.39 is 8.80 Å².